The smallest absolute Gasteiger partial charge is 0.313 e. The van der Waals surface area contributed by atoms with E-state index in [1.165, 1.54) is 0 Å². The van der Waals surface area contributed by atoms with Crippen LogP contribution in [-0.2, 0) is 11.2 Å². The second-order valence-corrected chi connectivity index (χ2v) is 5.40. The molecule has 0 spiro atoms. The van der Waals surface area contributed by atoms with Crippen LogP contribution in [0.25, 0.3) is 5.69 Å². The lowest BCUT2D eigenvalue weighted by molar-refractivity contribution is -0.133. The number of carboxylic acids is 1. The zero-order valence-corrected chi connectivity index (χ0v) is 12.6. The van der Waals surface area contributed by atoms with Crippen molar-refractivity contribution in [2.75, 3.05) is 5.75 Å². The van der Waals surface area contributed by atoms with Gasteiger partial charge < -0.3 is 5.11 Å². The van der Waals surface area contributed by atoms with Gasteiger partial charge in [0.15, 0.2) is 5.16 Å². The quantitative estimate of drug-likeness (QED) is 0.850. The maximum Gasteiger partial charge on any atom is 0.313 e. The van der Waals surface area contributed by atoms with Gasteiger partial charge in [-0.2, -0.15) is 5.26 Å². The highest BCUT2D eigenvalue weighted by Gasteiger charge is 2.15. The van der Waals surface area contributed by atoms with Crippen molar-refractivity contribution in [1.29, 1.82) is 5.26 Å². The van der Waals surface area contributed by atoms with Gasteiger partial charge in [-0.1, -0.05) is 30.3 Å². The number of hydrogen-bond donors (Lipinski definition) is 1. The summed E-state index contributed by atoms with van der Waals surface area (Å²) in [5.41, 5.74) is 1.08. The van der Waals surface area contributed by atoms with Crippen LogP contribution in [0.15, 0.2) is 23.4 Å². The van der Waals surface area contributed by atoms with E-state index in [9.17, 15) is 4.79 Å². The first-order valence-corrected chi connectivity index (χ1v) is 7.42. The number of hydrogen-bond acceptors (Lipinski definition) is 5. The first-order chi connectivity index (χ1) is 10.1. The summed E-state index contributed by atoms with van der Waals surface area (Å²) >= 11 is 7.13. The first-order valence-electron chi connectivity index (χ1n) is 6.05. The van der Waals surface area contributed by atoms with Crippen molar-refractivity contribution in [1.82, 2.24) is 14.8 Å². The molecule has 0 saturated heterocycles. The molecule has 2 rings (SSSR count). The number of thioether (sulfide) groups is 1. The molecule has 0 aliphatic rings. The predicted molar refractivity (Wildman–Crippen MR) is 78.8 cm³/mol. The number of aryl methyl sites for hydroxylation is 1. The van der Waals surface area contributed by atoms with Crippen LogP contribution in [0.2, 0.25) is 5.02 Å². The molecule has 0 aliphatic heterocycles. The molecule has 6 nitrogen and oxygen atoms in total. The molecular weight excluding hydrogens is 312 g/mol. The van der Waals surface area contributed by atoms with Gasteiger partial charge in [0.05, 0.1) is 22.0 Å². The van der Waals surface area contributed by atoms with Gasteiger partial charge in [-0.15, -0.1) is 10.2 Å². The third-order valence-corrected chi connectivity index (χ3v) is 3.90. The SMILES string of the molecule is CCc1nnc(SCC(=O)O)n1-c1ccc(C#N)c(Cl)c1. The van der Waals surface area contributed by atoms with E-state index in [0.717, 1.165) is 11.8 Å². The van der Waals surface area contributed by atoms with Gasteiger partial charge in [-0.05, 0) is 18.2 Å². The zero-order chi connectivity index (χ0) is 15.4. The molecule has 21 heavy (non-hydrogen) atoms. The molecule has 0 atom stereocenters. The number of benzene rings is 1. The summed E-state index contributed by atoms with van der Waals surface area (Å²) in [5, 5.41) is 26.6. The molecule has 1 aromatic heterocycles. The molecule has 0 unspecified atom stereocenters. The van der Waals surface area contributed by atoms with Gasteiger partial charge in [-0.3, -0.25) is 9.36 Å². The van der Waals surface area contributed by atoms with Gasteiger partial charge >= 0.3 is 5.97 Å². The average molecular weight is 323 g/mol. The summed E-state index contributed by atoms with van der Waals surface area (Å²) in [5.74, 6) is -0.333. The molecule has 2 aromatic rings. The van der Waals surface area contributed by atoms with E-state index in [4.69, 9.17) is 22.0 Å². The highest BCUT2D eigenvalue weighted by molar-refractivity contribution is 7.99. The molecule has 0 radical (unpaired) electrons. The number of aromatic nitrogens is 3. The Balaban J connectivity index is 2.46. The van der Waals surface area contributed by atoms with Gasteiger partial charge in [0.2, 0.25) is 0 Å². The van der Waals surface area contributed by atoms with Crippen LogP contribution < -0.4 is 0 Å². The molecule has 1 heterocycles. The molecule has 108 valence electrons. The summed E-state index contributed by atoms with van der Waals surface area (Å²) < 4.78 is 1.75. The second kappa shape index (κ2) is 6.61. The fourth-order valence-corrected chi connectivity index (χ4v) is 2.65. The normalized spacial score (nSPS) is 10.3. The Morgan fingerprint density at radius 3 is 2.86 bits per heavy atom. The highest BCUT2D eigenvalue weighted by Crippen LogP contribution is 2.25. The lowest BCUT2D eigenvalue weighted by atomic mass is 10.2. The standard InChI is InChI=1S/C13H11ClN4O2S/c1-2-11-16-17-13(21-7-12(19)20)18(11)9-4-3-8(6-15)10(14)5-9/h3-5H,2,7H2,1H3,(H,19,20). The second-order valence-electron chi connectivity index (χ2n) is 4.05. The lowest BCUT2D eigenvalue weighted by Gasteiger charge is -2.09. The summed E-state index contributed by atoms with van der Waals surface area (Å²) in [7, 11) is 0. The molecule has 0 fully saturated rings. The number of halogens is 1. The monoisotopic (exact) mass is 322 g/mol. The van der Waals surface area contributed by atoms with Crippen LogP contribution in [0.5, 0.6) is 0 Å². The Kier molecular flexibility index (Phi) is 4.83. The van der Waals surface area contributed by atoms with Crippen molar-refractivity contribution in [2.24, 2.45) is 0 Å². The van der Waals surface area contributed by atoms with Crippen molar-refractivity contribution < 1.29 is 9.90 Å². The van der Waals surface area contributed by atoms with E-state index in [1.54, 1.807) is 22.8 Å². The highest BCUT2D eigenvalue weighted by atomic mass is 35.5. The minimum Gasteiger partial charge on any atom is -0.481 e. The van der Waals surface area contributed by atoms with Crippen LogP contribution in [0.1, 0.15) is 18.3 Å². The first kappa shape index (κ1) is 15.4. The number of nitrogens with zero attached hydrogens (tertiary/aromatic N) is 4. The topological polar surface area (TPSA) is 91.8 Å². The van der Waals surface area contributed by atoms with E-state index >= 15 is 0 Å². The number of rotatable bonds is 5. The van der Waals surface area contributed by atoms with Gasteiger partial charge in [0.1, 0.15) is 11.9 Å². The molecule has 0 bridgehead atoms. The minimum absolute atomic E-state index is 0.105. The molecule has 0 aliphatic carbocycles. The van der Waals surface area contributed by atoms with Crippen molar-refractivity contribution in [3.8, 4) is 11.8 Å². The van der Waals surface area contributed by atoms with Crippen LogP contribution in [0.4, 0.5) is 0 Å². The third kappa shape index (κ3) is 3.35. The molecule has 0 amide bonds. The largest absolute Gasteiger partial charge is 0.481 e. The Morgan fingerprint density at radius 2 is 2.29 bits per heavy atom. The van der Waals surface area contributed by atoms with Crippen LogP contribution in [0.3, 0.4) is 0 Å². The van der Waals surface area contributed by atoms with Crippen LogP contribution >= 0.6 is 23.4 Å². The van der Waals surface area contributed by atoms with Crippen molar-refractivity contribution >= 4 is 29.3 Å². The lowest BCUT2D eigenvalue weighted by Crippen LogP contribution is -2.04. The Hall–Kier alpha value is -2.04. The van der Waals surface area contributed by atoms with Gasteiger partial charge in [0, 0.05) is 6.42 Å². The van der Waals surface area contributed by atoms with Crippen LogP contribution in [-0.4, -0.2) is 31.6 Å². The van der Waals surface area contributed by atoms with Gasteiger partial charge in [-0.25, -0.2) is 0 Å². The van der Waals surface area contributed by atoms with Crippen molar-refractivity contribution in [2.45, 2.75) is 18.5 Å². The Labute approximate surface area is 130 Å². The molecular formula is C13H11ClN4O2S. The molecule has 1 aromatic carbocycles. The molecule has 0 saturated carbocycles. The summed E-state index contributed by atoms with van der Waals surface area (Å²) in [6.45, 7) is 1.93. The Morgan fingerprint density at radius 1 is 1.52 bits per heavy atom. The maximum atomic E-state index is 10.7. The Bertz CT molecular complexity index is 723. The number of aliphatic carboxylic acids is 1. The van der Waals surface area contributed by atoms with E-state index in [-0.39, 0.29) is 5.75 Å². The van der Waals surface area contributed by atoms with E-state index < -0.39 is 5.97 Å². The number of carboxylic acid groups (broad SMARTS) is 1. The fraction of sp³-hybridized carbons (Fsp3) is 0.231. The van der Waals surface area contributed by atoms with Crippen LogP contribution in [0, 0.1) is 11.3 Å². The average Bonchev–Trinajstić information content (AvgIpc) is 2.87. The van der Waals surface area contributed by atoms with Crippen molar-refractivity contribution in [3.63, 3.8) is 0 Å². The summed E-state index contributed by atoms with van der Waals surface area (Å²) in [4.78, 5) is 10.7. The van der Waals surface area contributed by atoms with E-state index in [2.05, 4.69) is 10.2 Å². The van der Waals surface area contributed by atoms with Gasteiger partial charge in [0.25, 0.3) is 0 Å². The summed E-state index contributed by atoms with van der Waals surface area (Å²) in [6.07, 6.45) is 0.637. The number of nitriles is 1. The molecule has 1 N–H and O–H groups in total. The number of carbonyl (C=O) groups is 1. The van der Waals surface area contributed by atoms with Crippen molar-refractivity contribution in [3.05, 3.63) is 34.6 Å². The zero-order valence-electron chi connectivity index (χ0n) is 11.1. The minimum atomic E-state index is -0.926. The predicted octanol–water partition coefficient (Wildman–Crippen LogP) is 2.53. The fourth-order valence-electron chi connectivity index (χ4n) is 1.74. The summed E-state index contributed by atoms with van der Waals surface area (Å²) in [6, 6.07) is 6.99. The third-order valence-electron chi connectivity index (χ3n) is 2.67. The molecule has 8 heteroatoms. The maximum absolute atomic E-state index is 10.7. The van der Waals surface area contributed by atoms with E-state index in [0.29, 0.717) is 33.7 Å². The van der Waals surface area contributed by atoms with E-state index in [1.807, 2.05) is 13.0 Å².